The van der Waals surface area contributed by atoms with Gasteiger partial charge in [-0.05, 0) is 38.3 Å². The fourth-order valence-electron chi connectivity index (χ4n) is 1.62. The first-order valence-electron chi connectivity index (χ1n) is 4.84. The SMILES string of the molecule is O=C(NC[C@H]1CCNC1)C1CC1. The molecule has 1 aliphatic carbocycles. The predicted octanol–water partition coefficient (Wildman–Crippen LogP) is 0.122. The fraction of sp³-hybridized carbons (Fsp3) is 0.889. The summed E-state index contributed by atoms with van der Waals surface area (Å²) in [5.41, 5.74) is 0. The Morgan fingerprint density at radius 3 is 2.83 bits per heavy atom. The Bertz CT molecular complexity index is 171. The van der Waals surface area contributed by atoms with Crippen molar-refractivity contribution in [3.8, 4) is 0 Å². The number of rotatable bonds is 3. The number of hydrogen-bond acceptors (Lipinski definition) is 2. The third-order valence-corrected chi connectivity index (χ3v) is 2.68. The molecule has 2 fully saturated rings. The van der Waals surface area contributed by atoms with E-state index in [-0.39, 0.29) is 5.91 Å². The zero-order valence-electron chi connectivity index (χ0n) is 7.31. The molecule has 1 saturated heterocycles. The van der Waals surface area contributed by atoms with Crippen LogP contribution in [-0.2, 0) is 4.79 Å². The molecule has 1 aliphatic heterocycles. The van der Waals surface area contributed by atoms with Gasteiger partial charge in [-0.1, -0.05) is 0 Å². The normalized spacial score (nSPS) is 28.8. The van der Waals surface area contributed by atoms with Crippen LogP contribution in [0.5, 0.6) is 0 Å². The van der Waals surface area contributed by atoms with Crippen molar-refractivity contribution in [2.75, 3.05) is 19.6 Å². The molecule has 0 spiro atoms. The summed E-state index contributed by atoms with van der Waals surface area (Å²) in [4.78, 5) is 11.2. The first-order valence-corrected chi connectivity index (χ1v) is 4.84. The van der Waals surface area contributed by atoms with Gasteiger partial charge >= 0.3 is 0 Å². The van der Waals surface area contributed by atoms with E-state index in [4.69, 9.17) is 0 Å². The smallest absolute Gasteiger partial charge is 0.223 e. The minimum absolute atomic E-state index is 0.280. The van der Waals surface area contributed by atoms with Gasteiger partial charge < -0.3 is 10.6 Å². The number of nitrogens with one attached hydrogen (secondary N) is 2. The Labute approximate surface area is 72.9 Å². The van der Waals surface area contributed by atoms with Gasteiger partial charge in [-0.25, -0.2) is 0 Å². The molecule has 1 saturated carbocycles. The van der Waals surface area contributed by atoms with Gasteiger partial charge in [0.15, 0.2) is 0 Å². The second-order valence-corrected chi connectivity index (χ2v) is 3.88. The molecule has 68 valence electrons. The van der Waals surface area contributed by atoms with Gasteiger partial charge in [0.05, 0.1) is 0 Å². The maximum Gasteiger partial charge on any atom is 0.223 e. The predicted molar refractivity (Wildman–Crippen MR) is 46.7 cm³/mol. The monoisotopic (exact) mass is 168 g/mol. The van der Waals surface area contributed by atoms with Crippen molar-refractivity contribution in [1.82, 2.24) is 10.6 Å². The summed E-state index contributed by atoms with van der Waals surface area (Å²) < 4.78 is 0. The lowest BCUT2D eigenvalue weighted by Gasteiger charge is -2.08. The van der Waals surface area contributed by atoms with Gasteiger partial charge in [0.1, 0.15) is 0 Å². The van der Waals surface area contributed by atoms with Crippen molar-refractivity contribution in [3.63, 3.8) is 0 Å². The average molecular weight is 168 g/mol. The maximum atomic E-state index is 11.2. The molecule has 2 aliphatic rings. The standard InChI is InChI=1S/C9H16N2O/c12-9(8-1-2-8)11-6-7-3-4-10-5-7/h7-8,10H,1-6H2,(H,11,12)/t7-/m0/s1. The van der Waals surface area contributed by atoms with Gasteiger partial charge in [-0.3, -0.25) is 4.79 Å². The Morgan fingerprint density at radius 2 is 2.25 bits per heavy atom. The Hall–Kier alpha value is -0.570. The number of amides is 1. The molecule has 1 atom stereocenters. The molecule has 0 aromatic rings. The summed E-state index contributed by atoms with van der Waals surface area (Å²) in [6.45, 7) is 3.07. The highest BCUT2D eigenvalue weighted by atomic mass is 16.2. The van der Waals surface area contributed by atoms with E-state index in [0.29, 0.717) is 11.8 Å². The summed E-state index contributed by atoms with van der Waals surface area (Å²) in [5, 5.41) is 6.30. The van der Waals surface area contributed by atoms with E-state index in [9.17, 15) is 4.79 Å². The third kappa shape index (κ3) is 1.97. The minimum atomic E-state index is 0.280. The lowest BCUT2D eigenvalue weighted by molar-refractivity contribution is -0.122. The van der Waals surface area contributed by atoms with E-state index in [1.54, 1.807) is 0 Å². The largest absolute Gasteiger partial charge is 0.356 e. The number of hydrogen-bond donors (Lipinski definition) is 2. The summed E-state index contributed by atoms with van der Waals surface area (Å²) in [5.74, 6) is 1.31. The van der Waals surface area contributed by atoms with Crippen molar-refractivity contribution in [3.05, 3.63) is 0 Å². The van der Waals surface area contributed by atoms with Crippen LogP contribution in [0.4, 0.5) is 0 Å². The lowest BCUT2D eigenvalue weighted by atomic mass is 10.1. The van der Waals surface area contributed by atoms with Crippen LogP contribution >= 0.6 is 0 Å². The van der Waals surface area contributed by atoms with E-state index in [1.807, 2.05) is 0 Å². The Kier molecular flexibility index (Phi) is 2.30. The van der Waals surface area contributed by atoms with Gasteiger partial charge in [-0.15, -0.1) is 0 Å². The molecule has 0 unspecified atom stereocenters. The molecule has 0 aromatic heterocycles. The van der Waals surface area contributed by atoms with Crippen molar-refractivity contribution in [2.45, 2.75) is 19.3 Å². The highest BCUT2D eigenvalue weighted by Crippen LogP contribution is 2.28. The summed E-state index contributed by atoms with van der Waals surface area (Å²) in [7, 11) is 0. The second-order valence-electron chi connectivity index (χ2n) is 3.88. The van der Waals surface area contributed by atoms with Crippen LogP contribution in [0.25, 0.3) is 0 Å². The number of carbonyl (C=O) groups is 1. The molecule has 0 aromatic carbocycles. The first kappa shape index (κ1) is 8.05. The molecule has 3 nitrogen and oxygen atoms in total. The summed E-state index contributed by atoms with van der Waals surface area (Å²) in [6.07, 6.45) is 3.43. The molecule has 0 radical (unpaired) electrons. The second kappa shape index (κ2) is 3.44. The van der Waals surface area contributed by atoms with Crippen molar-refractivity contribution < 1.29 is 4.79 Å². The zero-order chi connectivity index (χ0) is 8.39. The fourth-order valence-corrected chi connectivity index (χ4v) is 1.62. The molecular formula is C9H16N2O. The summed E-state index contributed by atoms with van der Waals surface area (Å²) >= 11 is 0. The van der Waals surface area contributed by atoms with Crippen LogP contribution in [0.1, 0.15) is 19.3 Å². The van der Waals surface area contributed by atoms with Crippen molar-refractivity contribution in [1.29, 1.82) is 0 Å². The van der Waals surface area contributed by atoms with Crippen LogP contribution in [0.15, 0.2) is 0 Å². The van der Waals surface area contributed by atoms with Gasteiger partial charge in [0, 0.05) is 12.5 Å². The van der Waals surface area contributed by atoms with Gasteiger partial charge in [0.25, 0.3) is 0 Å². The van der Waals surface area contributed by atoms with Crippen LogP contribution in [0, 0.1) is 11.8 Å². The van der Waals surface area contributed by atoms with Gasteiger partial charge in [0.2, 0.25) is 5.91 Å². The quantitative estimate of drug-likeness (QED) is 0.628. The molecule has 2 N–H and O–H groups in total. The van der Waals surface area contributed by atoms with E-state index in [1.165, 1.54) is 6.42 Å². The highest BCUT2D eigenvalue weighted by molar-refractivity contribution is 5.80. The lowest BCUT2D eigenvalue weighted by Crippen LogP contribution is -2.31. The van der Waals surface area contributed by atoms with Crippen LogP contribution in [0.3, 0.4) is 0 Å². The van der Waals surface area contributed by atoms with E-state index in [0.717, 1.165) is 32.5 Å². The number of carbonyl (C=O) groups excluding carboxylic acids is 1. The third-order valence-electron chi connectivity index (χ3n) is 2.68. The van der Waals surface area contributed by atoms with Crippen LogP contribution in [-0.4, -0.2) is 25.5 Å². The molecule has 3 heteroatoms. The maximum absolute atomic E-state index is 11.2. The topological polar surface area (TPSA) is 41.1 Å². The van der Waals surface area contributed by atoms with Gasteiger partial charge in [-0.2, -0.15) is 0 Å². The Balaban J connectivity index is 1.63. The highest BCUT2D eigenvalue weighted by Gasteiger charge is 2.29. The molecule has 2 rings (SSSR count). The average Bonchev–Trinajstić information content (AvgIpc) is 2.80. The molecular weight excluding hydrogens is 152 g/mol. The van der Waals surface area contributed by atoms with Crippen molar-refractivity contribution in [2.24, 2.45) is 11.8 Å². The molecule has 0 bridgehead atoms. The van der Waals surface area contributed by atoms with E-state index < -0.39 is 0 Å². The van der Waals surface area contributed by atoms with E-state index in [2.05, 4.69) is 10.6 Å². The molecule has 1 heterocycles. The molecule has 1 amide bonds. The minimum Gasteiger partial charge on any atom is -0.356 e. The summed E-state index contributed by atoms with van der Waals surface area (Å²) in [6, 6.07) is 0. The Morgan fingerprint density at radius 1 is 1.42 bits per heavy atom. The van der Waals surface area contributed by atoms with Crippen LogP contribution < -0.4 is 10.6 Å². The first-order chi connectivity index (χ1) is 5.86. The molecule has 12 heavy (non-hydrogen) atoms. The van der Waals surface area contributed by atoms with Crippen molar-refractivity contribution >= 4 is 5.91 Å². The van der Waals surface area contributed by atoms with E-state index >= 15 is 0 Å². The zero-order valence-corrected chi connectivity index (χ0v) is 7.31. The van der Waals surface area contributed by atoms with Crippen LogP contribution in [0.2, 0.25) is 0 Å².